The standard InChI is InChI=1S/C21H25ClN2O/c1-23(14-17-8-3-2-4-9-17)21(25)19-11-7-13-24(16-19)15-18-10-5-6-12-20(18)22/h2-6,8-10,12,19H,7,11,13-16H2,1H3. The number of rotatable bonds is 5. The van der Waals surface area contributed by atoms with Crippen molar-refractivity contribution in [3.8, 4) is 0 Å². The zero-order valence-corrected chi connectivity index (χ0v) is 15.5. The molecule has 1 heterocycles. The lowest BCUT2D eigenvalue weighted by atomic mass is 9.96. The van der Waals surface area contributed by atoms with E-state index < -0.39 is 0 Å². The number of piperidine rings is 1. The molecule has 1 fully saturated rings. The molecule has 0 aliphatic carbocycles. The molecule has 132 valence electrons. The van der Waals surface area contributed by atoms with E-state index >= 15 is 0 Å². The van der Waals surface area contributed by atoms with Crippen LogP contribution in [0.3, 0.4) is 0 Å². The number of halogens is 1. The lowest BCUT2D eigenvalue weighted by molar-refractivity contribution is -0.136. The van der Waals surface area contributed by atoms with Crippen LogP contribution in [0.4, 0.5) is 0 Å². The van der Waals surface area contributed by atoms with Gasteiger partial charge in [-0.1, -0.05) is 60.1 Å². The number of hydrogen-bond acceptors (Lipinski definition) is 2. The van der Waals surface area contributed by atoms with Crippen LogP contribution in [0.25, 0.3) is 0 Å². The topological polar surface area (TPSA) is 23.6 Å². The summed E-state index contributed by atoms with van der Waals surface area (Å²) in [6.07, 6.45) is 2.02. The van der Waals surface area contributed by atoms with Crippen LogP contribution in [-0.2, 0) is 17.9 Å². The van der Waals surface area contributed by atoms with Crippen molar-refractivity contribution in [2.75, 3.05) is 20.1 Å². The maximum Gasteiger partial charge on any atom is 0.227 e. The first-order valence-electron chi connectivity index (χ1n) is 8.88. The molecule has 2 aromatic rings. The molecule has 1 saturated heterocycles. The molecule has 1 aliphatic rings. The first-order valence-corrected chi connectivity index (χ1v) is 9.26. The predicted octanol–water partition coefficient (Wildman–Crippen LogP) is 4.21. The molecular formula is C21H25ClN2O. The highest BCUT2D eigenvalue weighted by atomic mass is 35.5. The van der Waals surface area contributed by atoms with Gasteiger partial charge in [0.2, 0.25) is 5.91 Å². The third kappa shape index (κ3) is 4.83. The number of carbonyl (C=O) groups is 1. The minimum atomic E-state index is 0.0740. The second-order valence-corrected chi connectivity index (χ2v) is 7.25. The summed E-state index contributed by atoms with van der Waals surface area (Å²) < 4.78 is 0. The van der Waals surface area contributed by atoms with E-state index in [1.165, 1.54) is 5.56 Å². The van der Waals surface area contributed by atoms with Gasteiger partial charge in [-0.2, -0.15) is 0 Å². The Morgan fingerprint density at radius 1 is 1.16 bits per heavy atom. The van der Waals surface area contributed by atoms with E-state index in [-0.39, 0.29) is 11.8 Å². The van der Waals surface area contributed by atoms with Crippen LogP contribution in [0.15, 0.2) is 54.6 Å². The number of amides is 1. The number of carbonyl (C=O) groups excluding carboxylic acids is 1. The van der Waals surface area contributed by atoms with E-state index in [1.54, 1.807) is 0 Å². The van der Waals surface area contributed by atoms with Crippen LogP contribution in [0, 0.1) is 5.92 Å². The summed E-state index contributed by atoms with van der Waals surface area (Å²) in [7, 11) is 1.91. The third-order valence-electron chi connectivity index (χ3n) is 4.85. The Kier molecular flexibility index (Phi) is 6.11. The second-order valence-electron chi connectivity index (χ2n) is 6.85. The summed E-state index contributed by atoms with van der Waals surface area (Å²) in [6, 6.07) is 18.1. The van der Waals surface area contributed by atoms with Gasteiger partial charge in [0.05, 0.1) is 5.92 Å². The van der Waals surface area contributed by atoms with Crippen molar-refractivity contribution in [1.29, 1.82) is 0 Å². The van der Waals surface area contributed by atoms with Crippen LogP contribution >= 0.6 is 11.6 Å². The Balaban J connectivity index is 1.58. The highest BCUT2D eigenvalue weighted by Crippen LogP contribution is 2.23. The first kappa shape index (κ1) is 18.0. The SMILES string of the molecule is CN(Cc1ccccc1)C(=O)C1CCCN(Cc2ccccc2Cl)C1. The number of nitrogens with zero attached hydrogens (tertiary/aromatic N) is 2. The Bertz CT molecular complexity index is 704. The van der Waals surface area contributed by atoms with Crippen molar-refractivity contribution < 1.29 is 4.79 Å². The molecule has 0 radical (unpaired) electrons. The molecule has 4 heteroatoms. The largest absolute Gasteiger partial charge is 0.341 e. The van der Waals surface area contributed by atoms with E-state index in [2.05, 4.69) is 23.1 Å². The normalized spacial score (nSPS) is 18.1. The molecular weight excluding hydrogens is 332 g/mol. The van der Waals surface area contributed by atoms with Gasteiger partial charge in [0.1, 0.15) is 0 Å². The van der Waals surface area contributed by atoms with E-state index in [4.69, 9.17) is 11.6 Å². The van der Waals surface area contributed by atoms with Crippen molar-refractivity contribution in [2.24, 2.45) is 5.92 Å². The minimum absolute atomic E-state index is 0.0740. The molecule has 0 aromatic heterocycles. The summed E-state index contributed by atoms with van der Waals surface area (Å²) in [6.45, 7) is 3.31. The van der Waals surface area contributed by atoms with Gasteiger partial charge >= 0.3 is 0 Å². The summed E-state index contributed by atoms with van der Waals surface area (Å²) in [5.74, 6) is 0.317. The Labute approximate surface area is 155 Å². The number of benzene rings is 2. The summed E-state index contributed by atoms with van der Waals surface area (Å²) in [4.78, 5) is 17.1. The fourth-order valence-electron chi connectivity index (χ4n) is 3.52. The molecule has 2 aromatic carbocycles. The molecule has 0 spiro atoms. The highest BCUT2D eigenvalue weighted by molar-refractivity contribution is 6.31. The molecule has 1 atom stereocenters. The first-order chi connectivity index (χ1) is 12.1. The van der Waals surface area contributed by atoms with Crippen LogP contribution in [0.1, 0.15) is 24.0 Å². The molecule has 1 aliphatic heterocycles. The van der Waals surface area contributed by atoms with E-state index in [1.807, 2.05) is 48.3 Å². The zero-order valence-electron chi connectivity index (χ0n) is 14.7. The van der Waals surface area contributed by atoms with E-state index in [9.17, 15) is 4.79 Å². The molecule has 3 nitrogen and oxygen atoms in total. The molecule has 1 unspecified atom stereocenters. The van der Waals surface area contributed by atoms with Gasteiger partial charge in [-0.15, -0.1) is 0 Å². The van der Waals surface area contributed by atoms with Gasteiger partial charge in [-0.25, -0.2) is 0 Å². The van der Waals surface area contributed by atoms with Crippen LogP contribution in [0.2, 0.25) is 5.02 Å². The molecule has 25 heavy (non-hydrogen) atoms. The Morgan fingerprint density at radius 2 is 1.88 bits per heavy atom. The molecule has 0 bridgehead atoms. The molecule has 1 amide bonds. The van der Waals surface area contributed by atoms with Crippen molar-refractivity contribution in [3.05, 3.63) is 70.7 Å². The number of hydrogen-bond donors (Lipinski definition) is 0. The lowest BCUT2D eigenvalue weighted by Gasteiger charge is -2.34. The van der Waals surface area contributed by atoms with Gasteiger partial charge in [-0.05, 0) is 36.6 Å². The summed E-state index contributed by atoms with van der Waals surface area (Å²) in [5, 5.41) is 0.803. The molecule has 0 saturated carbocycles. The second kappa shape index (κ2) is 8.50. The van der Waals surface area contributed by atoms with Gasteiger partial charge < -0.3 is 4.90 Å². The minimum Gasteiger partial charge on any atom is -0.341 e. The fourth-order valence-corrected chi connectivity index (χ4v) is 3.71. The van der Waals surface area contributed by atoms with Crippen molar-refractivity contribution in [3.63, 3.8) is 0 Å². The third-order valence-corrected chi connectivity index (χ3v) is 5.21. The predicted molar refractivity (Wildman–Crippen MR) is 102 cm³/mol. The van der Waals surface area contributed by atoms with Gasteiger partial charge in [0.15, 0.2) is 0 Å². The monoisotopic (exact) mass is 356 g/mol. The van der Waals surface area contributed by atoms with Crippen molar-refractivity contribution in [2.45, 2.75) is 25.9 Å². The van der Waals surface area contributed by atoms with E-state index in [0.29, 0.717) is 6.54 Å². The van der Waals surface area contributed by atoms with E-state index in [0.717, 1.165) is 43.1 Å². The molecule has 3 rings (SSSR count). The quantitative estimate of drug-likeness (QED) is 0.801. The number of likely N-dealkylation sites (tertiary alicyclic amines) is 1. The van der Waals surface area contributed by atoms with Gasteiger partial charge in [-0.3, -0.25) is 9.69 Å². The van der Waals surface area contributed by atoms with Crippen LogP contribution < -0.4 is 0 Å². The zero-order chi connectivity index (χ0) is 17.6. The smallest absolute Gasteiger partial charge is 0.227 e. The van der Waals surface area contributed by atoms with Crippen molar-refractivity contribution in [1.82, 2.24) is 9.80 Å². The highest BCUT2D eigenvalue weighted by Gasteiger charge is 2.28. The van der Waals surface area contributed by atoms with Crippen LogP contribution in [0.5, 0.6) is 0 Å². The Hall–Kier alpha value is -1.84. The van der Waals surface area contributed by atoms with Crippen molar-refractivity contribution >= 4 is 17.5 Å². The van der Waals surface area contributed by atoms with Gasteiger partial charge in [0, 0.05) is 31.7 Å². The average Bonchev–Trinajstić information content (AvgIpc) is 2.64. The van der Waals surface area contributed by atoms with Crippen LogP contribution in [-0.4, -0.2) is 35.8 Å². The summed E-state index contributed by atoms with van der Waals surface area (Å²) >= 11 is 6.28. The maximum absolute atomic E-state index is 12.8. The fraction of sp³-hybridized carbons (Fsp3) is 0.381. The lowest BCUT2D eigenvalue weighted by Crippen LogP contribution is -2.43. The average molecular weight is 357 g/mol. The maximum atomic E-state index is 12.8. The molecule has 0 N–H and O–H groups in total. The van der Waals surface area contributed by atoms with Gasteiger partial charge in [0.25, 0.3) is 0 Å². The summed E-state index contributed by atoms with van der Waals surface area (Å²) in [5.41, 5.74) is 2.30. The Morgan fingerprint density at radius 3 is 2.64 bits per heavy atom.